The van der Waals surface area contributed by atoms with Crippen molar-refractivity contribution in [2.75, 3.05) is 0 Å². The Balaban J connectivity index is 1.95. The summed E-state index contributed by atoms with van der Waals surface area (Å²) in [6.45, 7) is 0. The average molecular weight is 458 g/mol. The molecule has 0 saturated heterocycles. The number of aldehydes is 2. The van der Waals surface area contributed by atoms with E-state index < -0.39 is 30.7 Å². The van der Waals surface area contributed by atoms with E-state index in [1.165, 1.54) is 48.5 Å². The molecule has 0 spiro atoms. The number of fused-ring (bicyclic) bond motifs is 1. The van der Waals surface area contributed by atoms with Gasteiger partial charge in [-0.25, -0.2) is 8.78 Å². The third kappa shape index (κ3) is 4.55. The molecule has 0 saturated carbocycles. The highest BCUT2D eigenvalue weighted by molar-refractivity contribution is 6.04. The molecule has 0 bridgehead atoms. The van der Waals surface area contributed by atoms with Crippen LogP contribution in [0.3, 0.4) is 0 Å². The SMILES string of the molecule is O=Cc1cc(-c2cc3c(C=O)c(-c4ccc(F)cc4)oc3cc2CCC(F)(F)F)ccc1F. The molecule has 0 N–H and O–H groups in total. The second-order valence-electron chi connectivity index (χ2n) is 7.44. The first-order valence-electron chi connectivity index (χ1n) is 9.82. The molecule has 33 heavy (non-hydrogen) atoms. The standard InChI is InChI=1S/C25H15F5O3/c26-18-4-1-14(2-5-18)24-21(13-32)20-11-19(15-3-6-22(27)17(9-15)12-31)16(10-23(20)33-24)7-8-25(28,29)30/h1-6,9-13H,7-8H2. The molecule has 0 fully saturated rings. The van der Waals surface area contributed by atoms with Crippen molar-refractivity contribution >= 4 is 23.5 Å². The Bertz CT molecular complexity index is 1350. The number of carbonyl (C=O) groups excluding carboxylic acids is 2. The molecule has 0 aliphatic heterocycles. The Kier molecular flexibility index (Phi) is 5.84. The van der Waals surface area contributed by atoms with E-state index in [1.807, 2.05) is 0 Å². The predicted molar refractivity (Wildman–Crippen MR) is 112 cm³/mol. The van der Waals surface area contributed by atoms with Gasteiger partial charge < -0.3 is 4.42 Å². The number of hydrogen-bond acceptors (Lipinski definition) is 3. The lowest BCUT2D eigenvalue weighted by Crippen LogP contribution is -2.09. The minimum Gasteiger partial charge on any atom is -0.455 e. The van der Waals surface area contributed by atoms with Gasteiger partial charge in [0, 0.05) is 17.4 Å². The van der Waals surface area contributed by atoms with Gasteiger partial charge in [-0.15, -0.1) is 0 Å². The maximum Gasteiger partial charge on any atom is 0.389 e. The number of aryl methyl sites for hydroxylation is 1. The topological polar surface area (TPSA) is 47.3 Å². The number of halogens is 5. The maximum absolute atomic E-state index is 13.8. The van der Waals surface area contributed by atoms with Gasteiger partial charge >= 0.3 is 6.18 Å². The van der Waals surface area contributed by atoms with Crippen LogP contribution in [0.25, 0.3) is 33.4 Å². The molecule has 1 heterocycles. The van der Waals surface area contributed by atoms with Crippen molar-refractivity contribution in [3.63, 3.8) is 0 Å². The van der Waals surface area contributed by atoms with E-state index in [4.69, 9.17) is 4.42 Å². The number of hydrogen-bond donors (Lipinski definition) is 0. The summed E-state index contributed by atoms with van der Waals surface area (Å²) in [6, 6.07) is 11.8. The van der Waals surface area contributed by atoms with Gasteiger partial charge in [0.1, 0.15) is 23.0 Å². The number of carbonyl (C=O) groups is 2. The zero-order valence-electron chi connectivity index (χ0n) is 16.9. The molecule has 3 nitrogen and oxygen atoms in total. The van der Waals surface area contributed by atoms with Crippen LogP contribution in [0.1, 0.15) is 32.7 Å². The Morgan fingerprint density at radius 1 is 0.848 bits per heavy atom. The van der Waals surface area contributed by atoms with Crippen LogP contribution in [0.2, 0.25) is 0 Å². The molecular formula is C25H15F5O3. The van der Waals surface area contributed by atoms with E-state index in [1.54, 1.807) is 0 Å². The fraction of sp³-hybridized carbons (Fsp3) is 0.120. The summed E-state index contributed by atoms with van der Waals surface area (Å²) < 4.78 is 71.7. The monoisotopic (exact) mass is 458 g/mol. The lowest BCUT2D eigenvalue weighted by Gasteiger charge is -2.13. The predicted octanol–water partition coefficient (Wildman–Crippen LogP) is 7.16. The normalized spacial score (nSPS) is 11.7. The van der Waals surface area contributed by atoms with E-state index in [2.05, 4.69) is 0 Å². The third-order valence-corrected chi connectivity index (χ3v) is 5.29. The Hall–Kier alpha value is -3.81. The third-order valence-electron chi connectivity index (χ3n) is 5.29. The van der Waals surface area contributed by atoms with Crippen LogP contribution in [0.5, 0.6) is 0 Å². The summed E-state index contributed by atoms with van der Waals surface area (Å²) in [4.78, 5) is 23.1. The van der Waals surface area contributed by atoms with E-state index in [9.17, 15) is 31.5 Å². The molecule has 0 unspecified atom stereocenters. The first-order valence-corrected chi connectivity index (χ1v) is 9.82. The Morgan fingerprint density at radius 3 is 2.18 bits per heavy atom. The lowest BCUT2D eigenvalue weighted by atomic mass is 9.93. The van der Waals surface area contributed by atoms with Crippen LogP contribution >= 0.6 is 0 Å². The van der Waals surface area contributed by atoms with Crippen LogP contribution in [-0.2, 0) is 6.42 Å². The van der Waals surface area contributed by atoms with Gasteiger partial charge in [-0.3, -0.25) is 9.59 Å². The molecule has 4 rings (SSSR count). The molecule has 0 aliphatic carbocycles. The molecule has 0 amide bonds. The first-order chi connectivity index (χ1) is 15.7. The van der Waals surface area contributed by atoms with Crippen LogP contribution in [0.4, 0.5) is 22.0 Å². The summed E-state index contributed by atoms with van der Waals surface area (Å²) in [5.74, 6) is -1.10. The number of benzene rings is 3. The van der Waals surface area contributed by atoms with Crippen LogP contribution in [0, 0.1) is 11.6 Å². The number of rotatable bonds is 6. The minimum atomic E-state index is -4.42. The van der Waals surface area contributed by atoms with Crippen molar-refractivity contribution in [3.05, 3.63) is 82.9 Å². The van der Waals surface area contributed by atoms with Crippen molar-refractivity contribution in [2.45, 2.75) is 19.0 Å². The fourth-order valence-electron chi connectivity index (χ4n) is 3.69. The second kappa shape index (κ2) is 8.61. The van der Waals surface area contributed by atoms with Crippen molar-refractivity contribution in [2.24, 2.45) is 0 Å². The summed E-state index contributed by atoms with van der Waals surface area (Å²) in [5.41, 5.74) is 1.36. The Morgan fingerprint density at radius 2 is 1.55 bits per heavy atom. The Labute approximate surface area is 184 Å². The maximum atomic E-state index is 13.8. The van der Waals surface area contributed by atoms with E-state index in [0.717, 1.165) is 6.07 Å². The summed E-state index contributed by atoms with van der Waals surface area (Å²) >= 11 is 0. The molecule has 0 radical (unpaired) electrons. The summed E-state index contributed by atoms with van der Waals surface area (Å²) in [6.07, 6.45) is -5.07. The van der Waals surface area contributed by atoms with Crippen LogP contribution in [0.15, 0.2) is 59.0 Å². The van der Waals surface area contributed by atoms with Crippen molar-refractivity contribution in [1.29, 1.82) is 0 Å². The zero-order valence-corrected chi connectivity index (χ0v) is 16.9. The molecule has 0 aliphatic rings. The highest BCUT2D eigenvalue weighted by Gasteiger charge is 2.28. The van der Waals surface area contributed by atoms with Gasteiger partial charge in [0.15, 0.2) is 12.6 Å². The largest absolute Gasteiger partial charge is 0.455 e. The average Bonchev–Trinajstić information content (AvgIpc) is 3.14. The quantitative estimate of drug-likeness (QED) is 0.227. The van der Waals surface area contributed by atoms with Crippen molar-refractivity contribution < 1.29 is 36.0 Å². The van der Waals surface area contributed by atoms with Gasteiger partial charge in [-0.1, -0.05) is 6.07 Å². The van der Waals surface area contributed by atoms with Crippen molar-refractivity contribution in [3.8, 4) is 22.5 Å². The van der Waals surface area contributed by atoms with Crippen LogP contribution < -0.4 is 0 Å². The van der Waals surface area contributed by atoms with Gasteiger partial charge in [-0.2, -0.15) is 13.2 Å². The fourth-order valence-corrected chi connectivity index (χ4v) is 3.69. The molecule has 3 aromatic carbocycles. The molecule has 0 atom stereocenters. The van der Waals surface area contributed by atoms with Crippen molar-refractivity contribution in [1.82, 2.24) is 0 Å². The highest BCUT2D eigenvalue weighted by Crippen LogP contribution is 2.38. The number of alkyl halides is 3. The molecule has 4 aromatic rings. The van der Waals surface area contributed by atoms with Gasteiger partial charge in [-0.05, 0) is 71.6 Å². The van der Waals surface area contributed by atoms with Gasteiger partial charge in [0.2, 0.25) is 0 Å². The van der Waals surface area contributed by atoms with E-state index in [0.29, 0.717) is 34.6 Å². The first kappa shape index (κ1) is 22.4. The highest BCUT2D eigenvalue weighted by atomic mass is 19.4. The van der Waals surface area contributed by atoms with Gasteiger partial charge in [0.05, 0.1) is 11.1 Å². The second-order valence-corrected chi connectivity index (χ2v) is 7.44. The number of furan rings is 1. The smallest absolute Gasteiger partial charge is 0.389 e. The summed E-state index contributed by atoms with van der Waals surface area (Å²) in [7, 11) is 0. The van der Waals surface area contributed by atoms with Gasteiger partial charge in [0.25, 0.3) is 0 Å². The molecule has 8 heteroatoms. The molecule has 168 valence electrons. The minimum absolute atomic E-state index is 0.137. The molecule has 1 aromatic heterocycles. The summed E-state index contributed by atoms with van der Waals surface area (Å²) in [5, 5.41) is 0.326. The zero-order chi connectivity index (χ0) is 23.8. The van der Waals surface area contributed by atoms with E-state index in [-0.39, 0.29) is 28.0 Å². The van der Waals surface area contributed by atoms with Crippen LogP contribution in [-0.4, -0.2) is 18.7 Å². The molecular weight excluding hydrogens is 443 g/mol. The van der Waals surface area contributed by atoms with E-state index >= 15 is 0 Å². The lowest BCUT2D eigenvalue weighted by molar-refractivity contribution is -0.133.